The zero-order chi connectivity index (χ0) is 14.9. The molecule has 1 heterocycles. The van der Waals surface area contributed by atoms with Crippen molar-refractivity contribution < 1.29 is 30.0 Å². The number of carboxylic acids is 1. The molecule has 10 nitrogen and oxygen atoms in total. The maximum Gasteiger partial charge on any atom is 0.373 e. The predicted octanol–water partition coefficient (Wildman–Crippen LogP) is -0.128. The molecule has 1 aromatic heterocycles. The van der Waals surface area contributed by atoms with Crippen molar-refractivity contribution in [1.82, 2.24) is 15.2 Å². The van der Waals surface area contributed by atoms with Gasteiger partial charge < -0.3 is 20.4 Å². The van der Waals surface area contributed by atoms with Crippen LogP contribution in [0, 0.1) is 0 Å². The standard InChI is InChI=1S/C10H8N4O6/c15-4-1-3(2-5(16)6(4)17)8(18)12-10-11-7(9(19)20)13-14-10/h1-2,15-17H,(H,19,20)(H2,11,12,13,14,18). The fourth-order valence-corrected chi connectivity index (χ4v) is 1.32. The average molecular weight is 280 g/mol. The number of anilines is 1. The van der Waals surface area contributed by atoms with E-state index < -0.39 is 34.9 Å². The summed E-state index contributed by atoms with van der Waals surface area (Å²) in [5, 5.41) is 44.0. The number of aromatic hydroxyl groups is 3. The minimum absolute atomic E-state index is 0.181. The van der Waals surface area contributed by atoms with Gasteiger partial charge in [0.2, 0.25) is 11.8 Å². The molecule has 0 bridgehead atoms. The number of nitrogens with zero attached hydrogens (tertiary/aromatic N) is 2. The topological polar surface area (TPSA) is 169 Å². The van der Waals surface area contributed by atoms with Crippen molar-refractivity contribution in [2.24, 2.45) is 0 Å². The largest absolute Gasteiger partial charge is 0.504 e. The third-order valence-electron chi connectivity index (χ3n) is 2.25. The molecule has 2 rings (SSSR count). The first-order chi connectivity index (χ1) is 9.38. The lowest BCUT2D eigenvalue weighted by Crippen LogP contribution is -2.13. The summed E-state index contributed by atoms with van der Waals surface area (Å²) < 4.78 is 0. The Morgan fingerprint density at radius 2 is 1.75 bits per heavy atom. The second kappa shape index (κ2) is 4.76. The maximum absolute atomic E-state index is 11.8. The number of carboxylic acid groups (broad SMARTS) is 1. The summed E-state index contributed by atoms with van der Waals surface area (Å²) in [5.41, 5.74) is -0.181. The van der Waals surface area contributed by atoms with Crippen molar-refractivity contribution in [1.29, 1.82) is 0 Å². The van der Waals surface area contributed by atoms with Crippen molar-refractivity contribution in [2.75, 3.05) is 5.32 Å². The minimum atomic E-state index is -1.35. The second-order valence-corrected chi connectivity index (χ2v) is 3.63. The number of phenolic OH excluding ortho intramolecular Hbond substituents is 3. The van der Waals surface area contributed by atoms with Gasteiger partial charge in [-0.2, -0.15) is 4.98 Å². The zero-order valence-corrected chi connectivity index (χ0v) is 9.65. The van der Waals surface area contributed by atoms with Crippen LogP contribution in [0.25, 0.3) is 0 Å². The van der Waals surface area contributed by atoms with E-state index in [1.54, 1.807) is 0 Å². The van der Waals surface area contributed by atoms with E-state index in [4.69, 9.17) is 10.2 Å². The molecule has 0 radical (unpaired) electrons. The number of carbonyl (C=O) groups is 2. The number of amides is 1. The van der Waals surface area contributed by atoms with Crippen molar-refractivity contribution in [3.63, 3.8) is 0 Å². The Morgan fingerprint density at radius 1 is 1.15 bits per heavy atom. The zero-order valence-electron chi connectivity index (χ0n) is 9.65. The van der Waals surface area contributed by atoms with Crippen LogP contribution in [0.15, 0.2) is 12.1 Å². The van der Waals surface area contributed by atoms with Gasteiger partial charge in [-0.05, 0) is 12.1 Å². The van der Waals surface area contributed by atoms with E-state index in [9.17, 15) is 19.8 Å². The van der Waals surface area contributed by atoms with Gasteiger partial charge in [-0.3, -0.25) is 15.2 Å². The summed E-state index contributed by atoms with van der Waals surface area (Å²) in [6, 6.07) is 1.82. The molecule has 0 saturated heterocycles. The number of H-pyrrole nitrogens is 1. The summed E-state index contributed by atoms with van der Waals surface area (Å²) >= 11 is 0. The first kappa shape index (κ1) is 13.1. The number of benzene rings is 1. The highest BCUT2D eigenvalue weighted by Gasteiger charge is 2.16. The Labute approximate surface area is 110 Å². The number of aromatic carboxylic acids is 1. The fourth-order valence-electron chi connectivity index (χ4n) is 1.32. The molecule has 0 fully saturated rings. The molecule has 1 amide bonds. The smallest absolute Gasteiger partial charge is 0.373 e. The van der Waals surface area contributed by atoms with Crippen molar-refractivity contribution in [3.8, 4) is 17.2 Å². The minimum Gasteiger partial charge on any atom is -0.504 e. The molecule has 1 aromatic carbocycles. The molecular weight excluding hydrogens is 272 g/mol. The number of aromatic amines is 1. The predicted molar refractivity (Wildman–Crippen MR) is 62.7 cm³/mol. The van der Waals surface area contributed by atoms with Gasteiger partial charge in [0.15, 0.2) is 17.2 Å². The molecule has 6 N–H and O–H groups in total. The summed E-state index contributed by atoms with van der Waals surface area (Å²) in [6.07, 6.45) is 0. The second-order valence-electron chi connectivity index (χ2n) is 3.63. The summed E-state index contributed by atoms with van der Waals surface area (Å²) in [4.78, 5) is 25.8. The highest BCUT2D eigenvalue weighted by Crippen LogP contribution is 2.35. The Kier molecular flexibility index (Phi) is 3.13. The van der Waals surface area contributed by atoms with Gasteiger partial charge in [-0.15, -0.1) is 5.10 Å². The lowest BCUT2D eigenvalue weighted by Gasteiger charge is -2.05. The van der Waals surface area contributed by atoms with Crippen LogP contribution in [0.2, 0.25) is 0 Å². The molecule has 0 atom stereocenters. The molecule has 104 valence electrons. The molecule has 2 aromatic rings. The third-order valence-corrected chi connectivity index (χ3v) is 2.25. The lowest BCUT2D eigenvalue weighted by molar-refractivity contribution is 0.0683. The number of hydrogen-bond acceptors (Lipinski definition) is 7. The van der Waals surface area contributed by atoms with Gasteiger partial charge in [0, 0.05) is 5.56 Å². The molecule has 10 heteroatoms. The Bertz CT molecular complexity index is 672. The summed E-state index contributed by atoms with van der Waals surface area (Å²) in [7, 11) is 0. The third kappa shape index (κ3) is 2.43. The van der Waals surface area contributed by atoms with Crippen LogP contribution in [0.5, 0.6) is 17.2 Å². The van der Waals surface area contributed by atoms with E-state index in [2.05, 4.69) is 20.5 Å². The summed E-state index contributed by atoms with van der Waals surface area (Å²) in [5.74, 6) is -5.04. The lowest BCUT2D eigenvalue weighted by atomic mass is 10.1. The molecule has 0 aliphatic heterocycles. The summed E-state index contributed by atoms with van der Waals surface area (Å²) in [6.45, 7) is 0. The number of nitrogens with one attached hydrogen (secondary N) is 2. The Balaban J connectivity index is 2.21. The number of carbonyl (C=O) groups excluding carboxylic acids is 1. The molecule has 20 heavy (non-hydrogen) atoms. The maximum atomic E-state index is 11.8. The monoisotopic (exact) mass is 280 g/mol. The van der Waals surface area contributed by atoms with Crippen LogP contribution in [-0.2, 0) is 0 Å². The van der Waals surface area contributed by atoms with Crippen LogP contribution in [0.4, 0.5) is 5.95 Å². The van der Waals surface area contributed by atoms with Gasteiger partial charge in [-0.25, -0.2) is 4.79 Å². The van der Waals surface area contributed by atoms with Crippen LogP contribution >= 0.6 is 0 Å². The Morgan fingerprint density at radius 3 is 2.25 bits per heavy atom. The van der Waals surface area contributed by atoms with E-state index in [1.165, 1.54) is 0 Å². The van der Waals surface area contributed by atoms with E-state index in [0.717, 1.165) is 12.1 Å². The van der Waals surface area contributed by atoms with Gasteiger partial charge >= 0.3 is 5.97 Å². The first-order valence-electron chi connectivity index (χ1n) is 5.10. The van der Waals surface area contributed by atoms with Crippen LogP contribution in [-0.4, -0.2) is 47.5 Å². The normalized spacial score (nSPS) is 10.2. The number of aromatic nitrogens is 3. The van der Waals surface area contributed by atoms with E-state index >= 15 is 0 Å². The number of hydrogen-bond donors (Lipinski definition) is 6. The van der Waals surface area contributed by atoms with Crippen LogP contribution in [0.3, 0.4) is 0 Å². The van der Waals surface area contributed by atoms with E-state index in [1.807, 2.05) is 0 Å². The van der Waals surface area contributed by atoms with Gasteiger partial charge in [0.05, 0.1) is 0 Å². The highest BCUT2D eigenvalue weighted by atomic mass is 16.4. The van der Waals surface area contributed by atoms with Gasteiger partial charge in [0.25, 0.3) is 5.91 Å². The Hall–Kier alpha value is -3.30. The number of rotatable bonds is 3. The molecule has 0 spiro atoms. The average Bonchev–Trinajstić information content (AvgIpc) is 2.84. The van der Waals surface area contributed by atoms with Gasteiger partial charge in [-0.1, -0.05) is 0 Å². The number of phenols is 3. The quantitative estimate of drug-likeness (QED) is 0.422. The first-order valence-corrected chi connectivity index (χ1v) is 5.10. The molecular formula is C10H8N4O6. The highest BCUT2D eigenvalue weighted by molar-refractivity contribution is 6.04. The van der Waals surface area contributed by atoms with E-state index in [-0.39, 0.29) is 11.5 Å². The molecule has 0 aliphatic rings. The SMILES string of the molecule is O=C(Nc1n[nH]c(C(=O)O)n1)c1cc(O)c(O)c(O)c1. The van der Waals surface area contributed by atoms with Crippen molar-refractivity contribution in [2.45, 2.75) is 0 Å². The van der Waals surface area contributed by atoms with Crippen molar-refractivity contribution in [3.05, 3.63) is 23.5 Å². The molecule has 0 unspecified atom stereocenters. The molecule has 0 saturated carbocycles. The van der Waals surface area contributed by atoms with E-state index in [0.29, 0.717) is 0 Å². The van der Waals surface area contributed by atoms with Gasteiger partial charge in [0.1, 0.15) is 0 Å². The van der Waals surface area contributed by atoms with Crippen LogP contribution < -0.4 is 5.32 Å². The van der Waals surface area contributed by atoms with Crippen molar-refractivity contribution >= 4 is 17.8 Å². The molecule has 0 aliphatic carbocycles. The fraction of sp³-hybridized carbons (Fsp3) is 0. The van der Waals surface area contributed by atoms with Crippen LogP contribution in [0.1, 0.15) is 21.0 Å².